The minimum atomic E-state index is -0.670. The van der Waals surface area contributed by atoms with Crippen LogP contribution < -0.4 is 9.64 Å². The molecule has 2 aromatic carbocycles. The molecule has 6 heteroatoms. The summed E-state index contributed by atoms with van der Waals surface area (Å²) < 4.78 is 5.27. The Bertz CT molecular complexity index is 866. The third kappa shape index (κ3) is 2.72. The standard InChI is InChI=1S/C20H20N2O4/c1-26-15-6-4-5-13(9-15)11-21-17-8-3-2-7-16(17)19(24)22-12-14(23)10-18(22)20(21)25/h2-9,14,18,23H,10-12H2,1H3/t14-,18+/m1/s1. The van der Waals surface area contributed by atoms with E-state index in [1.807, 2.05) is 30.3 Å². The number of nitrogens with zero attached hydrogens (tertiary/aromatic N) is 2. The maximum atomic E-state index is 13.2. The molecule has 2 atom stereocenters. The first-order chi connectivity index (χ1) is 12.6. The summed E-state index contributed by atoms with van der Waals surface area (Å²) >= 11 is 0. The third-order valence-corrected chi connectivity index (χ3v) is 4.99. The quantitative estimate of drug-likeness (QED) is 0.915. The Morgan fingerprint density at radius 1 is 1.15 bits per heavy atom. The number of aliphatic hydroxyl groups is 1. The lowest BCUT2D eigenvalue weighted by atomic mass is 10.1. The van der Waals surface area contributed by atoms with Crippen molar-refractivity contribution >= 4 is 17.5 Å². The number of para-hydroxylation sites is 1. The number of ether oxygens (including phenoxy) is 1. The second kappa shape index (κ2) is 6.46. The van der Waals surface area contributed by atoms with Crippen molar-refractivity contribution in [1.29, 1.82) is 0 Å². The maximum absolute atomic E-state index is 13.2. The number of amides is 2. The zero-order chi connectivity index (χ0) is 18.3. The minimum Gasteiger partial charge on any atom is -0.497 e. The van der Waals surface area contributed by atoms with Crippen LogP contribution in [0.25, 0.3) is 0 Å². The van der Waals surface area contributed by atoms with Crippen LogP contribution in [0.2, 0.25) is 0 Å². The van der Waals surface area contributed by atoms with Crippen LogP contribution in [-0.2, 0) is 11.3 Å². The Balaban J connectivity index is 1.77. The largest absolute Gasteiger partial charge is 0.497 e. The highest BCUT2D eigenvalue weighted by Crippen LogP contribution is 2.33. The number of methoxy groups -OCH3 is 1. The molecule has 134 valence electrons. The zero-order valence-electron chi connectivity index (χ0n) is 14.5. The minimum absolute atomic E-state index is 0.164. The van der Waals surface area contributed by atoms with E-state index in [0.29, 0.717) is 23.5 Å². The van der Waals surface area contributed by atoms with E-state index in [2.05, 4.69) is 0 Å². The van der Waals surface area contributed by atoms with Gasteiger partial charge in [0.2, 0.25) is 5.91 Å². The molecule has 0 radical (unpaired) electrons. The number of hydrogen-bond donors (Lipinski definition) is 1. The van der Waals surface area contributed by atoms with E-state index in [-0.39, 0.29) is 24.8 Å². The molecule has 26 heavy (non-hydrogen) atoms. The highest BCUT2D eigenvalue weighted by atomic mass is 16.5. The smallest absolute Gasteiger partial charge is 0.256 e. The molecule has 0 spiro atoms. The molecule has 2 aliphatic heterocycles. The van der Waals surface area contributed by atoms with Gasteiger partial charge in [0.1, 0.15) is 11.8 Å². The van der Waals surface area contributed by atoms with Gasteiger partial charge in [0, 0.05) is 13.0 Å². The van der Waals surface area contributed by atoms with Gasteiger partial charge in [-0.05, 0) is 29.8 Å². The van der Waals surface area contributed by atoms with Gasteiger partial charge in [0.15, 0.2) is 0 Å². The van der Waals surface area contributed by atoms with E-state index in [1.165, 1.54) is 4.90 Å². The molecule has 2 heterocycles. The van der Waals surface area contributed by atoms with Gasteiger partial charge in [-0.2, -0.15) is 0 Å². The van der Waals surface area contributed by atoms with Crippen molar-refractivity contribution in [3.63, 3.8) is 0 Å². The lowest BCUT2D eigenvalue weighted by Crippen LogP contribution is -2.44. The van der Waals surface area contributed by atoms with Crippen LogP contribution >= 0.6 is 0 Å². The molecular weight excluding hydrogens is 332 g/mol. The molecule has 2 amide bonds. The zero-order valence-corrected chi connectivity index (χ0v) is 14.5. The number of rotatable bonds is 3. The molecule has 1 saturated heterocycles. The summed E-state index contributed by atoms with van der Waals surface area (Å²) in [6.07, 6.45) is -0.399. The van der Waals surface area contributed by atoms with Crippen LogP contribution in [0, 0.1) is 0 Å². The van der Waals surface area contributed by atoms with Gasteiger partial charge in [-0.1, -0.05) is 24.3 Å². The van der Waals surface area contributed by atoms with Gasteiger partial charge in [-0.15, -0.1) is 0 Å². The maximum Gasteiger partial charge on any atom is 0.256 e. The fourth-order valence-electron chi connectivity index (χ4n) is 3.73. The van der Waals surface area contributed by atoms with Crippen molar-refractivity contribution in [2.75, 3.05) is 18.6 Å². The summed E-state index contributed by atoms with van der Waals surface area (Å²) in [5, 5.41) is 10.00. The molecular formula is C20H20N2O4. The summed E-state index contributed by atoms with van der Waals surface area (Å²) in [6, 6.07) is 14.0. The first kappa shape index (κ1) is 16.6. The Labute approximate surface area is 151 Å². The highest BCUT2D eigenvalue weighted by Gasteiger charge is 2.44. The van der Waals surface area contributed by atoms with Gasteiger partial charge in [0.25, 0.3) is 5.91 Å². The summed E-state index contributed by atoms with van der Waals surface area (Å²) in [5.74, 6) is 0.346. The van der Waals surface area contributed by atoms with E-state index in [9.17, 15) is 14.7 Å². The molecule has 4 rings (SSSR count). The summed E-state index contributed by atoms with van der Waals surface area (Å²) in [7, 11) is 1.60. The van der Waals surface area contributed by atoms with Gasteiger partial charge in [-0.25, -0.2) is 0 Å². The van der Waals surface area contributed by atoms with Gasteiger partial charge < -0.3 is 19.6 Å². The molecule has 0 bridgehead atoms. The van der Waals surface area contributed by atoms with Crippen molar-refractivity contribution in [2.45, 2.75) is 25.1 Å². The molecule has 0 saturated carbocycles. The molecule has 1 N–H and O–H groups in total. The fraction of sp³-hybridized carbons (Fsp3) is 0.300. The van der Waals surface area contributed by atoms with E-state index in [1.54, 1.807) is 30.2 Å². The van der Waals surface area contributed by atoms with Crippen molar-refractivity contribution in [3.05, 3.63) is 59.7 Å². The number of benzene rings is 2. The number of carbonyl (C=O) groups is 2. The number of carbonyl (C=O) groups excluding carboxylic acids is 2. The number of aliphatic hydroxyl groups excluding tert-OH is 1. The molecule has 0 aromatic heterocycles. The summed E-state index contributed by atoms with van der Waals surface area (Å²) in [4.78, 5) is 29.3. The van der Waals surface area contributed by atoms with Gasteiger partial charge in [0.05, 0.1) is 31.0 Å². The highest BCUT2D eigenvalue weighted by molar-refractivity contribution is 6.11. The Morgan fingerprint density at radius 3 is 2.77 bits per heavy atom. The topological polar surface area (TPSA) is 70.1 Å². The van der Waals surface area contributed by atoms with E-state index in [0.717, 1.165) is 5.56 Å². The predicted molar refractivity (Wildman–Crippen MR) is 96.1 cm³/mol. The Morgan fingerprint density at radius 2 is 1.96 bits per heavy atom. The normalized spacial score (nSPS) is 22.1. The van der Waals surface area contributed by atoms with Crippen LogP contribution in [-0.4, -0.2) is 47.6 Å². The molecule has 2 aromatic rings. The second-order valence-corrected chi connectivity index (χ2v) is 6.66. The van der Waals surface area contributed by atoms with Crippen molar-refractivity contribution in [3.8, 4) is 5.75 Å². The predicted octanol–water partition coefficient (Wildman–Crippen LogP) is 1.82. The fourth-order valence-corrected chi connectivity index (χ4v) is 3.73. The molecule has 1 fully saturated rings. The second-order valence-electron chi connectivity index (χ2n) is 6.66. The lowest BCUT2D eigenvalue weighted by Gasteiger charge is -2.26. The molecule has 2 aliphatic rings. The monoisotopic (exact) mass is 352 g/mol. The van der Waals surface area contributed by atoms with E-state index in [4.69, 9.17) is 4.74 Å². The van der Waals surface area contributed by atoms with Crippen LogP contribution in [0.5, 0.6) is 5.75 Å². The first-order valence-corrected chi connectivity index (χ1v) is 8.61. The summed E-state index contributed by atoms with van der Waals surface area (Å²) in [5.41, 5.74) is 2.00. The molecule has 6 nitrogen and oxygen atoms in total. The van der Waals surface area contributed by atoms with Crippen molar-refractivity contribution in [2.24, 2.45) is 0 Å². The molecule has 0 unspecified atom stereocenters. The van der Waals surface area contributed by atoms with E-state index >= 15 is 0 Å². The molecule has 0 aliphatic carbocycles. The van der Waals surface area contributed by atoms with Crippen LogP contribution in [0.3, 0.4) is 0 Å². The average Bonchev–Trinajstić information content (AvgIpc) is 3.04. The Hall–Kier alpha value is -2.86. The Kier molecular flexibility index (Phi) is 4.12. The van der Waals surface area contributed by atoms with Gasteiger partial charge in [-0.3, -0.25) is 9.59 Å². The first-order valence-electron chi connectivity index (χ1n) is 8.61. The SMILES string of the molecule is COc1cccc(CN2C(=O)[C@@H]3C[C@@H](O)CN3C(=O)c3ccccc32)c1. The average molecular weight is 352 g/mol. The van der Waals surface area contributed by atoms with Crippen LogP contribution in [0.1, 0.15) is 22.3 Å². The van der Waals surface area contributed by atoms with Crippen molar-refractivity contribution in [1.82, 2.24) is 4.90 Å². The van der Waals surface area contributed by atoms with Crippen LogP contribution in [0.15, 0.2) is 48.5 Å². The van der Waals surface area contributed by atoms with Crippen LogP contribution in [0.4, 0.5) is 5.69 Å². The van der Waals surface area contributed by atoms with E-state index < -0.39 is 12.1 Å². The van der Waals surface area contributed by atoms with Crippen molar-refractivity contribution < 1.29 is 19.4 Å². The number of anilines is 1. The lowest BCUT2D eigenvalue weighted by molar-refractivity contribution is -0.122. The van der Waals surface area contributed by atoms with Gasteiger partial charge >= 0.3 is 0 Å². The number of fused-ring (bicyclic) bond motifs is 2. The third-order valence-electron chi connectivity index (χ3n) is 4.99. The number of hydrogen-bond acceptors (Lipinski definition) is 4. The summed E-state index contributed by atoms with van der Waals surface area (Å²) in [6.45, 7) is 0.525.